The van der Waals surface area contributed by atoms with Gasteiger partial charge in [-0.25, -0.2) is 0 Å². The number of fused-ring (bicyclic) bond motifs is 2. The van der Waals surface area contributed by atoms with Crippen LogP contribution in [-0.2, 0) is 4.74 Å². The van der Waals surface area contributed by atoms with Gasteiger partial charge in [0.25, 0.3) is 0 Å². The van der Waals surface area contributed by atoms with Gasteiger partial charge in [-0.2, -0.15) is 0 Å². The predicted octanol–water partition coefficient (Wildman–Crippen LogP) is 1.39. The zero-order valence-corrected chi connectivity index (χ0v) is 7.34. The molecule has 2 rings (SSSR count). The van der Waals surface area contributed by atoms with Gasteiger partial charge in [0.2, 0.25) is 0 Å². The van der Waals surface area contributed by atoms with Crippen LogP contribution in [0.5, 0.6) is 0 Å². The van der Waals surface area contributed by atoms with E-state index < -0.39 is 0 Å². The van der Waals surface area contributed by atoms with Gasteiger partial charge in [0.1, 0.15) is 0 Å². The highest BCUT2D eigenvalue weighted by atomic mass is 28.1. The van der Waals surface area contributed by atoms with Crippen LogP contribution >= 0.6 is 0 Å². The van der Waals surface area contributed by atoms with E-state index in [9.17, 15) is 0 Å². The van der Waals surface area contributed by atoms with E-state index in [0.29, 0.717) is 6.10 Å². The molecule has 2 fully saturated rings. The summed E-state index contributed by atoms with van der Waals surface area (Å²) < 4.78 is 5.37. The third kappa shape index (κ3) is 0.856. The first-order valence-corrected chi connectivity index (χ1v) is 4.63. The third-order valence-corrected chi connectivity index (χ3v) is 3.80. The van der Waals surface area contributed by atoms with Crippen molar-refractivity contribution in [2.75, 3.05) is 7.11 Å². The van der Waals surface area contributed by atoms with Crippen LogP contribution < -0.4 is 0 Å². The van der Waals surface area contributed by atoms with Crippen LogP contribution in [0.3, 0.4) is 0 Å². The summed E-state index contributed by atoms with van der Waals surface area (Å²) in [7, 11) is 5.59. The highest BCUT2D eigenvalue weighted by Gasteiger charge is 2.43. The van der Waals surface area contributed by atoms with Crippen molar-refractivity contribution in [2.45, 2.75) is 30.9 Å². The normalized spacial score (nSPS) is 52.2. The number of ether oxygens (including phenoxy) is 1. The molecule has 2 bridgehead atoms. The van der Waals surface area contributed by atoms with Crippen molar-refractivity contribution in [3.63, 3.8) is 0 Å². The Labute approximate surface area is 65.6 Å². The maximum Gasteiger partial charge on any atom is 0.0602 e. The van der Waals surface area contributed by atoms with Crippen molar-refractivity contribution in [1.29, 1.82) is 0 Å². The quantitative estimate of drug-likeness (QED) is 0.517. The van der Waals surface area contributed by atoms with Crippen LogP contribution in [0, 0.1) is 11.8 Å². The average molecular weight is 153 g/mol. The van der Waals surface area contributed by atoms with E-state index in [-0.39, 0.29) is 0 Å². The summed E-state index contributed by atoms with van der Waals surface area (Å²) in [6, 6.07) is 0. The Bertz CT molecular complexity index is 135. The molecule has 0 aromatic heterocycles. The SMILES string of the molecule is COC1CC2CC1CC2[Si]. The van der Waals surface area contributed by atoms with Gasteiger partial charge in [-0.15, -0.1) is 0 Å². The van der Waals surface area contributed by atoms with Gasteiger partial charge in [-0.1, -0.05) is 0 Å². The van der Waals surface area contributed by atoms with Gasteiger partial charge >= 0.3 is 0 Å². The zero-order chi connectivity index (χ0) is 7.14. The highest BCUT2D eigenvalue weighted by Crippen LogP contribution is 2.51. The molecule has 1 nitrogen and oxygen atoms in total. The van der Waals surface area contributed by atoms with E-state index in [0.717, 1.165) is 17.4 Å². The lowest BCUT2D eigenvalue weighted by Crippen LogP contribution is -2.21. The van der Waals surface area contributed by atoms with Crippen molar-refractivity contribution in [3.8, 4) is 0 Å². The van der Waals surface area contributed by atoms with E-state index in [1.54, 1.807) is 0 Å². The molecule has 0 saturated heterocycles. The lowest BCUT2D eigenvalue weighted by molar-refractivity contribution is 0.0574. The monoisotopic (exact) mass is 153 g/mol. The Kier molecular flexibility index (Phi) is 1.61. The molecule has 0 heterocycles. The molecule has 4 unspecified atom stereocenters. The largest absolute Gasteiger partial charge is 0.381 e. The highest BCUT2D eigenvalue weighted by molar-refractivity contribution is 6.12. The average Bonchev–Trinajstić information content (AvgIpc) is 2.44. The summed E-state index contributed by atoms with van der Waals surface area (Å²) in [5, 5.41) is 0. The van der Waals surface area contributed by atoms with Gasteiger partial charge in [0.15, 0.2) is 0 Å². The van der Waals surface area contributed by atoms with E-state index >= 15 is 0 Å². The number of hydrogen-bond donors (Lipinski definition) is 0. The molecule has 0 amide bonds. The summed E-state index contributed by atoms with van der Waals surface area (Å²) in [4.78, 5) is 0. The van der Waals surface area contributed by atoms with Gasteiger partial charge in [0.05, 0.1) is 6.10 Å². The van der Waals surface area contributed by atoms with Crippen LogP contribution in [0.25, 0.3) is 0 Å². The second-order valence-electron chi connectivity index (χ2n) is 3.61. The van der Waals surface area contributed by atoms with E-state index in [1.807, 2.05) is 7.11 Å². The molecule has 3 radical (unpaired) electrons. The van der Waals surface area contributed by atoms with Crippen molar-refractivity contribution >= 4 is 10.2 Å². The van der Waals surface area contributed by atoms with Crippen LogP contribution in [-0.4, -0.2) is 23.5 Å². The molecule has 55 valence electrons. The lowest BCUT2D eigenvalue weighted by Gasteiger charge is -2.23. The molecule has 4 atom stereocenters. The Morgan fingerprint density at radius 3 is 2.40 bits per heavy atom. The standard InChI is InChI=1S/C8H13OSi/c1-9-7-3-6-2-5(7)4-8(6)10/h5-8H,2-4H2,1H3. The number of rotatable bonds is 1. The smallest absolute Gasteiger partial charge is 0.0602 e. The fourth-order valence-electron chi connectivity index (χ4n) is 2.51. The molecule has 10 heavy (non-hydrogen) atoms. The molecule has 0 aliphatic heterocycles. The van der Waals surface area contributed by atoms with Crippen molar-refractivity contribution in [3.05, 3.63) is 0 Å². The minimum absolute atomic E-state index is 0.581. The van der Waals surface area contributed by atoms with Crippen LogP contribution in [0.15, 0.2) is 0 Å². The first kappa shape index (κ1) is 6.86. The van der Waals surface area contributed by atoms with Crippen molar-refractivity contribution in [2.24, 2.45) is 11.8 Å². The van der Waals surface area contributed by atoms with Crippen molar-refractivity contribution < 1.29 is 4.74 Å². The van der Waals surface area contributed by atoms with E-state index in [2.05, 4.69) is 10.2 Å². The summed E-state index contributed by atoms with van der Waals surface area (Å²) in [5.74, 6) is 1.77. The molecule has 0 N–H and O–H groups in total. The summed E-state index contributed by atoms with van der Waals surface area (Å²) in [6.45, 7) is 0. The number of hydrogen-bond acceptors (Lipinski definition) is 1. The summed E-state index contributed by atoms with van der Waals surface area (Å²) in [5.41, 5.74) is 0.788. The molecular weight excluding hydrogens is 140 g/mol. The predicted molar refractivity (Wildman–Crippen MR) is 41.1 cm³/mol. The Hall–Kier alpha value is 0.177. The molecule has 2 aliphatic carbocycles. The Morgan fingerprint density at radius 1 is 1.20 bits per heavy atom. The maximum absolute atomic E-state index is 5.37. The fourth-order valence-corrected chi connectivity index (χ4v) is 3.09. The molecule has 0 aromatic carbocycles. The molecule has 2 aliphatic rings. The first-order valence-electron chi connectivity index (χ1n) is 4.05. The summed E-state index contributed by atoms with van der Waals surface area (Å²) >= 11 is 0. The van der Waals surface area contributed by atoms with Gasteiger partial charge < -0.3 is 4.74 Å². The Balaban J connectivity index is 2.02. The van der Waals surface area contributed by atoms with Crippen molar-refractivity contribution in [1.82, 2.24) is 0 Å². The molecule has 0 aromatic rings. The summed E-state index contributed by atoms with van der Waals surface area (Å²) in [6.07, 6.45) is 4.60. The Morgan fingerprint density at radius 2 is 2.00 bits per heavy atom. The lowest BCUT2D eigenvalue weighted by atomic mass is 9.97. The fraction of sp³-hybridized carbons (Fsp3) is 1.00. The van der Waals surface area contributed by atoms with Gasteiger partial charge in [-0.05, 0) is 36.6 Å². The molecule has 0 spiro atoms. The zero-order valence-electron chi connectivity index (χ0n) is 6.34. The second-order valence-corrected chi connectivity index (χ2v) is 4.35. The third-order valence-electron chi connectivity index (χ3n) is 3.09. The minimum Gasteiger partial charge on any atom is -0.381 e. The van der Waals surface area contributed by atoms with E-state index in [1.165, 1.54) is 19.3 Å². The minimum atomic E-state index is 0.581. The van der Waals surface area contributed by atoms with Gasteiger partial charge in [-0.3, -0.25) is 0 Å². The van der Waals surface area contributed by atoms with Crippen LogP contribution in [0.2, 0.25) is 5.54 Å². The second kappa shape index (κ2) is 2.34. The molecule has 2 heteroatoms. The molecular formula is C8H13OSi. The number of methoxy groups -OCH3 is 1. The topological polar surface area (TPSA) is 9.23 Å². The first-order chi connectivity index (χ1) is 4.81. The van der Waals surface area contributed by atoms with E-state index in [4.69, 9.17) is 4.74 Å². The maximum atomic E-state index is 5.37. The van der Waals surface area contributed by atoms with Gasteiger partial charge in [0, 0.05) is 17.4 Å². The van der Waals surface area contributed by atoms with Crippen LogP contribution in [0.1, 0.15) is 19.3 Å². The van der Waals surface area contributed by atoms with Crippen LogP contribution in [0.4, 0.5) is 0 Å². The molecule has 2 saturated carbocycles.